The topological polar surface area (TPSA) is 26.0 Å². The van der Waals surface area contributed by atoms with Gasteiger partial charge in [-0.15, -0.1) is 0 Å². The molecule has 0 radical (unpaired) electrons. The summed E-state index contributed by atoms with van der Waals surface area (Å²) in [6.45, 7) is 2.02. The molecule has 66 valence electrons. The van der Waals surface area contributed by atoms with E-state index in [1.807, 2.05) is 6.92 Å². The molecule has 0 spiro atoms. The fourth-order valence-corrected chi connectivity index (χ4v) is 1.86. The molecular weight excluding hydrogens is 329 g/mol. The largest absolute Gasteiger partial charge is 0.328 e. The van der Waals surface area contributed by atoms with Gasteiger partial charge in [-0.05, 0) is 69.6 Å². The van der Waals surface area contributed by atoms with Crippen molar-refractivity contribution in [1.82, 2.24) is 0 Å². The molecule has 0 unspecified atom stereocenters. The summed E-state index contributed by atoms with van der Waals surface area (Å²) in [5, 5.41) is 0. The number of hydrogen-bond donors (Lipinski definition) is 1. The lowest BCUT2D eigenvalue weighted by molar-refractivity contribution is 0.737. The lowest BCUT2D eigenvalue weighted by Crippen LogP contribution is -2.17. The van der Waals surface area contributed by atoms with E-state index in [1.165, 1.54) is 9.13 Å². The molecule has 0 saturated heterocycles. The maximum atomic E-state index is 5.70. The SMILES string of the molecule is C[C@H](N)Cc1ccc(Br)c(I)c1. The second kappa shape index (κ2) is 4.58. The highest BCUT2D eigenvalue weighted by molar-refractivity contribution is 14.1. The molecule has 0 saturated carbocycles. The Bertz CT molecular complexity index is 273. The molecule has 1 aromatic rings. The predicted molar refractivity (Wildman–Crippen MR) is 64.2 cm³/mol. The molecular formula is C9H11BrIN. The van der Waals surface area contributed by atoms with Gasteiger partial charge < -0.3 is 5.73 Å². The van der Waals surface area contributed by atoms with Crippen LogP contribution in [0.2, 0.25) is 0 Å². The van der Waals surface area contributed by atoms with E-state index in [4.69, 9.17) is 5.73 Å². The smallest absolute Gasteiger partial charge is 0.0309 e. The molecule has 0 aliphatic rings. The zero-order valence-corrected chi connectivity index (χ0v) is 10.6. The highest BCUT2D eigenvalue weighted by atomic mass is 127. The summed E-state index contributed by atoms with van der Waals surface area (Å²) in [6, 6.07) is 6.57. The minimum absolute atomic E-state index is 0.238. The summed E-state index contributed by atoms with van der Waals surface area (Å²) in [6.07, 6.45) is 0.948. The van der Waals surface area contributed by atoms with Gasteiger partial charge in [-0.3, -0.25) is 0 Å². The van der Waals surface area contributed by atoms with Crippen LogP contribution in [0.3, 0.4) is 0 Å². The van der Waals surface area contributed by atoms with Crippen molar-refractivity contribution in [2.24, 2.45) is 5.73 Å². The fourth-order valence-electron chi connectivity index (χ4n) is 1.04. The van der Waals surface area contributed by atoms with Crippen molar-refractivity contribution < 1.29 is 0 Å². The summed E-state index contributed by atoms with van der Waals surface area (Å²) in [5.74, 6) is 0. The molecule has 0 amide bonds. The first-order valence-corrected chi connectivity index (χ1v) is 5.66. The third kappa shape index (κ3) is 3.03. The van der Waals surface area contributed by atoms with E-state index in [-0.39, 0.29) is 6.04 Å². The van der Waals surface area contributed by atoms with Gasteiger partial charge >= 0.3 is 0 Å². The van der Waals surface area contributed by atoms with Crippen LogP contribution in [0.25, 0.3) is 0 Å². The van der Waals surface area contributed by atoms with Crippen molar-refractivity contribution >= 4 is 38.5 Å². The summed E-state index contributed by atoms with van der Waals surface area (Å²) >= 11 is 5.77. The van der Waals surface area contributed by atoms with E-state index in [1.54, 1.807) is 0 Å². The van der Waals surface area contributed by atoms with Crippen LogP contribution < -0.4 is 5.73 Å². The van der Waals surface area contributed by atoms with E-state index in [0.717, 1.165) is 10.9 Å². The number of halogens is 2. The number of rotatable bonds is 2. The Kier molecular flexibility index (Phi) is 3.99. The first kappa shape index (κ1) is 10.5. The lowest BCUT2D eigenvalue weighted by Gasteiger charge is -2.05. The number of benzene rings is 1. The zero-order valence-electron chi connectivity index (χ0n) is 6.85. The lowest BCUT2D eigenvalue weighted by atomic mass is 10.1. The summed E-state index contributed by atoms with van der Waals surface area (Å²) in [4.78, 5) is 0. The Hall–Kier alpha value is 0.390. The Labute approximate surface area is 95.0 Å². The molecule has 1 rings (SSSR count). The zero-order chi connectivity index (χ0) is 9.14. The molecule has 1 atom stereocenters. The van der Waals surface area contributed by atoms with Gasteiger partial charge in [0, 0.05) is 14.1 Å². The van der Waals surface area contributed by atoms with Crippen molar-refractivity contribution in [3.63, 3.8) is 0 Å². The van der Waals surface area contributed by atoms with Crippen LogP contribution in [0.5, 0.6) is 0 Å². The fraction of sp³-hybridized carbons (Fsp3) is 0.333. The van der Waals surface area contributed by atoms with Crippen LogP contribution in [-0.4, -0.2) is 6.04 Å². The highest BCUT2D eigenvalue weighted by Crippen LogP contribution is 2.20. The number of hydrogen-bond acceptors (Lipinski definition) is 1. The van der Waals surface area contributed by atoms with Crippen LogP contribution in [0.4, 0.5) is 0 Å². The summed E-state index contributed by atoms with van der Waals surface area (Å²) < 4.78 is 2.39. The average molecular weight is 340 g/mol. The second-order valence-electron chi connectivity index (χ2n) is 2.93. The minimum atomic E-state index is 0.238. The molecule has 0 fully saturated rings. The Balaban J connectivity index is 2.82. The quantitative estimate of drug-likeness (QED) is 0.824. The molecule has 0 heterocycles. The van der Waals surface area contributed by atoms with Crippen molar-refractivity contribution in [3.05, 3.63) is 31.8 Å². The van der Waals surface area contributed by atoms with E-state index < -0.39 is 0 Å². The summed E-state index contributed by atoms with van der Waals surface area (Å²) in [5.41, 5.74) is 7.00. The minimum Gasteiger partial charge on any atom is -0.328 e. The molecule has 0 bridgehead atoms. The molecule has 0 aromatic heterocycles. The van der Waals surface area contributed by atoms with Gasteiger partial charge in [-0.1, -0.05) is 6.07 Å². The molecule has 2 N–H and O–H groups in total. The molecule has 0 aliphatic heterocycles. The predicted octanol–water partition coefficient (Wildman–Crippen LogP) is 2.94. The third-order valence-electron chi connectivity index (χ3n) is 1.54. The Morgan fingerprint density at radius 3 is 2.75 bits per heavy atom. The van der Waals surface area contributed by atoms with Crippen LogP contribution in [-0.2, 0) is 6.42 Å². The van der Waals surface area contributed by atoms with Crippen LogP contribution in [0.15, 0.2) is 22.7 Å². The molecule has 0 aliphatic carbocycles. The van der Waals surface area contributed by atoms with Gasteiger partial charge in [0.05, 0.1) is 0 Å². The Morgan fingerprint density at radius 2 is 2.25 bits per heavy atom. The Morgan fingerprint density at radius 1 is 1.58 bits per heavy atom. The van der Waals surface area contributed by atoms with Gasteiger partial charge in [0.2, 0.25) is 0 Å². The van der Waals surface area contributed by atoms with Gasteiger partial charge in [0.15, 0.2) is 0 Å². The van der Waals surface area contributed by atoms with Crippen molar-refractivity contribution in [1.29, 1.82) is 0 Å². The molecule has 3 heteroatoms. The normalized spacial score (nSPS) is 13.0. The van der Waals surface area contributed by atoms with Crippen molar-refractivity contribution in [2.75, 3.05) is 0 Å². The van der Waals surface area contributed by atoms with E-state index >= 15 is 0 Å². The van der Waals surface area contributed by atoms with Gasteiger partial charge in [0.25, 0.3) is 0 Å². The van der Waals surface area contributed by atoms with E-state index in [0.29, 0.717) is 0 Å². The summed E-state index contributed by atoms with van der Waals surface area (Å²) in [7, 11) is 0. The maximum Gasteiger partial charge on any atom is 0.0309 e. The van der Waals surface area contributed by atoms with Gasteiger partial charge in [-0.2, -0.15) is 0 Å². The van der Waals surface area contributed by atoms with Crippen LogP contribution in [0, 0.1) is 3.57 Å². The van der Waals surface area contributed by atoms with Crippen LogP contribution in [0.1, 0.15) is 12.5 Å². The van der Waals surface area contributed by atoms with Gasteiger partial charge in [0.1, 0.15) is 0 Å². The first-order valence-electron chi connectivity index (χ1n) is 3.79. The molecule has 1 aromatic carbocycles. The van der Waals surface area contributed by atoms with E-state index in [9.17, 15) is 0 Å². The highest BCUT2D eigenvalue weighted by Gasteiger charge is 2.00. The van der Waals surface area contributed by atoms with Crippen molar-refractivity contribution in [2.45, 2.75) is 19.4 Å². The van der Waals surface area contributed by atoms with E-state index in [2.05, 4.69) is 56.7 Å². The molecule has 12 heavy (non-hydrogen) atoms. The monoisotopic (exact) mass is 339 g/mol. The maximum absolute atomic E-state index is 5.70. The molecule has 1 nitrogen and oxygen atoms in total. The first-order chi connectivity index (χ1) is 5.59. The van der Waals surface area contributed by atoms with Crippen molar-refractivity contribution in [3.8, 4) is 0 Å². The standard InChI is InChI=1S/C9H11BrIN/c1-6(12)4-7-2-3-8(10)9(11)5-7/h2-3,5-6H,4,12H2,1H3/t6-/m0/s1. The third-order valence-corrected chi connectivity index (χ3v) is 3.87. The number of nitrogens with two attached hydrogens (primary N) is 1. The van der Waals surface area contributed by atoms with Crippen LogP contribution >= 0.6 is 38.5 Å². The van der Waals surface area contributed by atoms with Gasteiger partial charge in [-0.25, -0.2) is 0 Å². The average Bonchev–Trinajstić information content (AvgIpc) is 1.96. The second-order valence-corrected chi connectivity index (χ2v) is 4.95.